The summed E-state index contributed by atoms with van der Waals surface area (Å²) in [4.78, 5) is 26.4. The highest BCUT2D eigenvalue weighted by Gasteiger charge is 2.19. The summed E-state index contributed by atoms with van der Waals surface area (Å²) in [6, 6.07) is 5.54. The van der Waals surface area contributed by atoms with Crippen LogP contribution in [0.1, 0.15) is 33.6 Å². The second-order valence-electron chi connectivity index (χ2n) is 6.49. The maximum absolute atomic E-state index is 12.5. The minimum atomic E-state index is -0.438. The number of nitrogens with one attached hydrogen (secondary N) is 1. The second kappa shape index (κ2) is 11.3. The fourth-order valence-electron chi connectivity index (χ4n) is 3.04. The molecule has 0 aliphatic heterocycles. The number of allylic oxidation sites excluding steroid dienone is 1. The summed E-state index contributed by atoms with van der Waals surface area (Å²) >= 11 is 0. The third-order valence-electron chi connectivity index (χ3n) is 4.65. The molecule has 2 rings (SSSR count). The molecule has 0 fully saturated rings. The molecule has 0 aliphatic rings. The van der Waals surface area contributed by atoms with E-state index in [1.807, 2.05) is 39.1 Å². The van der Waals surface area contributed by atoms with Crippen LogP contribution in [0.5, 0.6) is 5.75 Å². The van der Waals surface area contributed by atoms with Crippen molar-refractivity contribution >= 4 is 28.6 Å². The van der Waals surface area contributed by atoms with Gasteiger partial charge >= 0.3 is 6.09 Å². The molecule has 0 aliphatic carbocycles. The monoisotopic (exact) mass is 401 g/mol. The number of carbonyl (C=O) groups is 2. The van der Waals surface area contributed by atoms with Gasteiger partial charge in [-0.1, -0.05) is 6.08 Å². The van der Waals surface area contributed by atoms with Gasteiger partial charge in [0.25, 0.3) is 0 Å². The van der Waals surface area contributed by atoms with E-state index < -0.39 is 6.09 Å². The van der Waals surface area contributed by atoms with E-state index in [-0.39, 0.29) is 5.91 Å². The first-order valence-corrected chi connectivity index (χ1v) is 10.1. The molecule has 2 aromatic rings. The van der Waals surface area contributed by atoms with Gasteiger partial charge in [0, 0.05) is 44.2 Å². The fourth-order valence-corrected chi connectivity index (χ4v) is 3.04. The van der Waals surface area contributed by atoms with Gasteiger partial charge in [-0.05, 0) is 45.4 Å². The van der Waals surface area contributed by atoms with E-state index in [2.05, 4.69) is 16.5 Å². The highest BCUT2D eigenvalue weighted by Crippen LogP contribution is 2.35. The van der Waals surface area contributed by atoms with Gasteiger partial charge in [0.15, 0.2) is 5.75 Å². The van der Waals surface area contributed by atoms with Crippen molar-refractivity contribution in [3.05, 3.63) is 37.1 Å². The highest BCUT2D eigenvalue weighted by atomic mass is 16.6. The van der Waals surface area contributed by atoms with Crippen molar-refractivity contribution in [1.82, 2.24) is 9.47 Å². The number of hydrogen-bond acceptors (Lipinski definition) is 4. The Morgan fingerprint density at radius 1 is 1.21 bits per heavy atom. The van der Waals surface area contributed by atoms with Gasteiger partial charge in [-0.25, -0.2) is 4.79 Å². The molecule has 2 amide bonds. The number of anilines is 1. The number of hydrogen-bond donors (Lipinski definition) is 1. The number of amides is 2. The first kappa shape index (κ1) is 22.5. The molecule has 1 N–H and O–H groups in total. The largest absolute Gasteiger partial charge is 0.415 e. The Labute approximate surface area is 172 Å². The molecule has 0 spiro atoms. The molecule has 0 bridgehead atoms. The summed E-state index contributed by atoms with van der Waals surface area (Å²) in [7, 11) is 0. The van der Waals surface area contributed by atoms with Crippen LogP contribution in [0.4, 0.5) is 10.5 Å². The molecule has 1 aromatic carbocycles. The van der Waals surface area contributed by atoms with E-state index in [1.165, 1.54) is 0 Å². The summed E-state index contributed by atoms with van der Waals surface area (Å²) in [6.45, 7) is 12.4. The Balaban J connectivity index is 2.38. The summed E-state index contributed by atoms with van der Waals surface area (Å²) < 4.78 is 13.1. The van der Waals surface area contributed by atoms with E-state index in [4.69, 9.17) is 9.47 Å². The van der Waals surface area contributed by atoms with Gasteiger partial charge in [-0.3, -0.25) is 4.79 Å². The predicted molar refractivity (Wildman–Crippen MR) is 115 cm³/mol. The highest BCUT2D eigenvalue weighted by molar-refractivity contribution is 6.04. The minimum absolute atomic E-state index is 0.153. The lowest BCUT2D eigenvalue weighted by Gasteiger charge is -2.20. The van der Waals surface area contributed by atoms with E-state index in [1.54, 1.807) is 17.0 Å². The van der Waals surface area contributed by atoms with Gasteiger partial charge in [-0.2, -0.15) is 0 Å². The minimum Gasteiger partial charge on any atom is -0.408 e. The summed E-state index contributed by atoms with van der Waals surface area (Å²) in [6.07, 6.45) is 4.09. The molecule has 158 valence electrons. The lowest BCUT2D eigenvalue weighted by Crippen LogP contribution is -2.33. The molecule has 29 heavy (non-hydrogen) atoms. The maximum atomic E-state index is 12.5. The average molecular weight is 402 g/mol. The Bertz CT molecular complexity index is 840. The van der Waals surface area contributed by atoms with Crippen molar-refractivity contribution < 1.29 is 19.1 Å². The summed E-state index contributed by atoms with van der Waals surface area (Å²) in [5, 5.41) is 3.74. The van der Waals surface area contributed by atoms with Gasteiger partial charge in [-0.15, -0.1) is 6.58 Å². The van der Waals surface area contributed by atoms with Crippen LogP contribution in [0, 0.1) is 0 Å². The van der Waals surface area contributed by atoms with Crippen LogP contribution >= 0.6 is 0 Å². The van der Waals surface area contributed by atoms with E-state index in [0.29, 0.717) is 57.1 Å². The Morgan fingerprint density at radius 3 is 2.62 bits per heavy atom. The zero-order valence-corrected chi connectivity index (χ0v) is 17.6. The molecule has 0 atom stereocenters. The number of nitrogens with zero attached hydrogens (tertiary/aromatic N) is 2. The van der Waals surface area contributed by atoms with Gasteiger partial charge in [0.1, 0.15) is 0 Å². The first-order chi connectivity index (χ1) is 14.0. The lowest BCUT2D eigenvalue weighted by molar-refractivity contribution is -0.116. The molecule has 1 heterocycles. The zero-order valence-electron chi connectivity index (χ0n) is 17.6. The predicted octanol–water partition coefficient (Wildman–Crippen LogP) is 4.42. The number of benzene rings is 1. The third-order valence-corrected chi connectivity index (χ3v) is 4.65. The van der Waals surface area contributed by atoms with Crippen LogP contribution in [0.25, 0.3) is 10.9 Å². The molecule has 0 saturated carbocycles. The van der Waals surface area contributed by atoms with Crippen molar-refractivity contribution in [3.63, 3.8) is 0 Å². The van der Waals surface area contributed by atoms with Crippen LogP contribution in [0.15, 0.2) is 37.1 Å². The molecule has 1 aromatic heterocycles. The SMILES string of the molecule is C=CCCC(=O)Nc1c(OC(=O)N(CC)CC)ccc2c1ccn2CCOCC. The van der Waals surface area contributed by atoms with Crippen molar-refractivity contribution in [2.24, 2.45) is 0 Å². The van der Waals surface area contributed by atoms with Crippen molar-refractivity contribution in [2.45, 2.75) is 40.2 Å². The molecule has 0 saturated heterocycles. The quantitative estimate of drug-likeness (QED) is 0.447. The molecule has 7 nitrogen and oxygen atoms in total. The molecule has 0 unspecified atom stereocenters. The standard InChI is InChI=1S/C22H31N3O4/c1-5-9-10-20(26)23-21-17-13-14-25(15-16-28-8-4)18(17)11-12-19(21)29-22(27)24(6-2)7-3/h5,11-14H,1,6-10,15-16H2,2-4H3,(H,23,26). The average Bonchev–Trinajstić information content (AvgIpc) is 3.12. The normalized spacial score (nSPS) is 10.7. The van der Waals surface area contributed by atoms with E-state index in [9.17, 15) is 9.59 Å². The van der Waals surface area contributed by atoms with E-state index >= 15 is 0 Å². The zero-order chi connectivity index (χ0) is 21.2. The van der Waals surface area contributed by atoms with Crippen molar-refractivity contribution in [3.8, 4) is 5.75 Å². The van der Waals surface area contributed by atoms with Crippen LogP contribution in [0.3, 0.4) is 0 Å². The lowest BCUT2D eigenvalue weighted by atomic mass is 10.2. The molecule has 0 radical (unpaired) electrons. The first-order valence-electron chi connectivity index (χ1n) is 10.1. The maximum Gasteiger partial charge on any atom is 0.415 e. The van der Waals surface area contributed by atoms with Gasteiger partial charge < -0.3 is 24.3 Å². The van der Waals surface area contributed by atoms with Crippen molar-refractivity contribution in [1.29, 1.82) is 0 Å². The Kier molecular flexibility index (Phi) is 8.73. The Morgan fingerprint density at radius 2 is 1.97 bits per heavy atom. The Hall–Kier alpha value is -2.80. The fraction of sp³-hybridized carbons (Fsp3) is 0.455. The van der Waals surface area contributed by atoms with Crippen LogP contribution in [-0.2, 0) is 16.1 Å². The molecule has 7 heteroatoms. The molecular weight excluding hydrogens is 370 g/mol. The third kappa shape index (κ3) is 5.84. The van der Waals surface area contributed by atoms with E-state index in [0.717, 1.165) is 10.9 Å². The van der Waals surface area contributed by atoms with Crippen LogP contribution in [-0.4, -0.2) is 47.8 Å². The number of ether oxygens (including phenoxy) is 2. The molecular formula is C22H31N3O4. The van der Waals surface area contributed by atoms with Gasteiger partial charge in [0.05, 0.1) is 17.8 Å². The summed E-state index contributed by atoms with van der Waals surface area (Å²) in [5.74, 6) is 0.184. The number of carbonyl (C=O) groups excluding carboxylic acids is 2. The van der Waals surface area contributed by atoms with Crippen LogP contribution < -0.4 is 10.1 Å². The topological polar surface area (TPSA) is 72.8 Å². The van der Waals surface area contributed by atoms with Crippen molar-refractivity contribution in [2.75, 3.05) is 31.6 Å². The number of rotatable bonds is 11. The second-order valence-corrected chi connectivity index (χ2v) is 6.49. The van der Waals surface area contributed by atoms with Crippen LogP contribution in [0.2, 0.25) is 0 Å². The van der Waals surface area contributed by atoms with Gasteiger partial charge in [0.2, 0.25) is 5.91 Å². The smallest absolute Gasteiger partial charge is 0.408 e. The number of fused-ring (bicyclic) bond motifs is 1. The summed E-state index contributed by atoms with van der Waals surface area (Å²) in [5.41, 5.74) is 1.44. The number of aromatic nitrogens is 1.